The number of hydrogen-bond donors (Lipinski definition) is 5. The number of carboxylic acids is 1. The first-order valence-corrected chi connectivity index (χ1v) is 8.58. The summed E-state index contributed by atoms with van der Waals surface area (Å²) in [5.74, 6) is -3.17. The van der Waals surface area contributed by atoms with Crippen LogP contribution in [0.5, 0.6) is 0 Å². The highest BCUT2D eigenvalue weighted by molar-refractivity contribution is 5.93. The molecule has 2 amide bonds. The Labute approximate surface area is 172 Å². The molecule has 13 heteroatoms. The molecule has 0 unspecified atom stereocenters. The van der Waals surface area contributed by atoms with Gasteiger partial charge < -0.3 is 20.7 Å². The molecular formula is C18H17F3N6O4. The maximum atomic E-state index is 11.9. The van der Waals surface area contributed by atoms with Gasteiger partial charge in [0.1, 0.15) is 5.69 Å². The fourth-order valence-electron chi connectivity index (χ4n) is 2.17. The third kappa shape index (κ3) is 7.64. The molecule has 164 valence electrons. The van der Waals surface area contributed by atoms with Crippen molar-refractivity contribution in [2.45, 2.75) is 19.3 Å². The molecule has 2 heterocycles. The average Bonchev–Trinajstić information content (AvgIpc) is 3.44. The number of carbonyl (C=O) groups is 3. The predicted octanol–water partition coefficient (Wildman–Crippen LogP) is 1.63. The largest absolute Gasteiger partial charge is 0.490 e. The van der Waals surface area contributed by atoms with Crippen molar-refractivity contribution in [2.75, 3.05) is 0 Å². The molecule has 0 aliphatic carbocycles. The molecule has 0 radical (unpaired) electrons. The zero-order valence-electron chi connectivity index (χ0n) is 15.7. The third-order valence-electron chi connectivity index (χ3n) is 3.64. The molecule has 0 spiro atoms. The Kier molecular flexibility index (Phi) is 7.88. The van der Waals surface area contributed by atoms with Gasteiger partial charge >= 0.3 is 12.1 Å². The first-order valence-electron chi connectivity index (χ1n) is 8.58. The zero-order chi connectivity index (χ0) is 22.9. The lowest BCUT2D eigenvalue weighted by Crippen LogP contribution is -2.24. The quantitative estimate of drug-likeness (QED) is 0.394. The fraction of sp³-hybridized carbons (Fsp3) is 0.167. The number of aromatic nitrogens is 4. The number of alkyl halides is 3. The zero-order valence-corrected chi connectivity index (χ0v) is 15.7. The highest BCUT2D eigenvalue weighted by atomic mass is 19.4. The minimum Gasteiger partial charge on any atom is -0.475 e. The number of H-pyrrole nitrogens is 2. The molecule has 3 rings (SSSR count). The van der Waals surface area contributed by atoms with Gasteiger partial charge in [0.2, 0.25) is 0 Å². The molecule has 0 fully saturated rings. The summed E-state index contributed by atoms with van der Waals surface area (Å²) >= 11 is 0. The normalized spacial score (nSPS) is 10.5. The number of carbonyl (C=O) groups excluding carboxylic acids is 2. The average molecular weight is 438 g/mol. The Morgan fingerprint density at radius 1 is 1.03 bits per heavy atom. The number of halogens is 3. The van der Waals surface area contributed by atoms with Crippen LogP contribution in [0.4, 0.5) is 13.2 Å². The van der Waals surface area contributed by atoms with Crippen molar-refractivity contribution >= 4 is 17.8 Å². The van der Waals surface area contributed by atoms with Crippen molar-refractivity contribution in [1.82, 2.24) is 30.8 Å². The minimum atomic E-state index is -5.08. The van der Waals surface area contributed by atoms with E-state index in [1.54, 1.807) is 0 Å². The van der Waals surface area contributed by atoms with Crippen LogP contribution in [0.25, 0.3) is 0 Å². The van der Waals surface area contributed by atoms with E-state index >= 15 is 0 Å². The van der Waals surface area contributed by atoms with E-state index in [9.17, 15) is 22.8 Å². The van der Waals surface area contributed by atoms with Crippen LogP contribution in [0.2, 0.25) is 0 Å². The van der Waals surface area contributed by atoms with Gasteiger partial charge in [-0.3, -0.25) is 14.7 Å². The first-order chi connectivity index (χ1) is 14.7. The van der Waals surface area contributed by atoms with Crippen LogP contribution < -0.4 is 10.6 Å². The van der Waals surface area contributed by atoms with Crippen molar-refractivity contribution in [3.8, 4) is 0 Å². The van der Waals surface area contributed by atoms with E-state index in [4.69, 9.17) is 9.90 Å². The van der Waals surface area contributed by atoms with E-state index in [0.717, 1.165) is 11.1 Å². The summed E-state index contributed by atoms with van der Waals surface area (Å²) in [7, 11) is 0. The molecule has 10 nitrogen and oxygen atoms in total. The number of nitrogens with zero attached hydrogens (tertiary/aromatic N) is 2. The number of aromatic amines is 2. The SMILES string of the molecule is O=C(NCc1cccc(CNC(=O)c2cnc[nH]2)c1)c1cn[nH]c1.O=C(O)C(F)(F)F. The number of benzene rings is 1. The fourth-order valence-corrected chi connectivity index (χ4v) is 2.17. The van der Waals surface area contributed by atoms with Crippen LogP contribution in [-0.4, -0.2) is 49.2 Å². The Hall–Kier alpha value is -4.16. The summed E-state index contributed by atoms with van der Waals surface area (Å²) in [5, 5.41) is 19.1. The Bertz CT molecular complexity index is 938. The van der Waals surface area contributed by atoms with Crippen LogP contribution >= 0.6 is 0 Å². The Balaban J connectivity index is 0.000000423. The van der Waals surface area contributed by atoms with Gasteiger partial charge in [0.25, 0.3) is 11.8 Å². The van der Waals surface area contributed by atoms with E-state index < -0.39 is 12.1 Å². The molecule has 0 aliphatic heterocycles. The molecule has 0 atom stereocenters. The number of nitrogens with one attached hydrogen (secondary N) is 4. The van der Waals surface area contributed by atoms with Crippen LogP contribution in [-0.2, 0) is 17.9 Å². The van der Waals surface area contributed by atoms with Crippen molar-refractivity contribution in [3.05, 3.63) is 71.6 Å². The molecule has 5 N–H and O–H groups in total. The second-order valence-corrected chi connectivity index (χ2v) is 5.94. The van der Waals surface area contributed by atoms with Gasteiger partial charge in [-0.1, -0.05) is 24.3 Å². The highest BCUT2D eigenvalue weighted by Gasteiger charge is 2.38. The molecular weight excluding hydrogens is 421 g/mol. The lowest BCUT2D eigenvalue weighted by molar-refractivity contribution is -0.192. The van der Waals surface area contributed by atoms with Gasteiger partial charge in [0.05, 0.1) is 24.3 Å². The summed E-state index contributed by atoms with van der Waals surface area (Å²) < 4.78 is 31.7. The second kappa shape index (κ2) is 10.6. The maximum Gasteiger partial charge on any atom is 0.490 e. The number of carboxylic acid groups (broad SMARTS) is 1. The number of amides is 2. The molecule has 1 aromatic carbocycles. The lowest BCUT2D eigenvalue weighted by Gasteiger charge is -2.08. The van der Waals surface area contributed by atoms with Gasteiger partial charge in [-0.05, 0) is 11.1 Å². The van der Waals surface area contributed by atoms with Gasteiger partial charge in [0.15, 0.2) is 0 Å². The van der Waals surface area contributed by atoms with E-state index in [1.807, 2.05) is 24.3 Å². The Morgan fingerprint density at radius 2 is 1.65 bits per heavy atom. The predicted molar refractivity (Wildman–Crippen MR) is 99.6 cm³/mol. The van der Waals surface area contributed by atoms with Crippen LogP contribution in [0.3, 0.4) is 0 Å². The van der Waals surface area contributed by atoms with E-state index in [-0.39, 0.29) is 11.8 Å². The van der Waals surface area contributed by atoms with Gasteiger partial charge in [0, 0.05) is 19.3 Å². The monoisotopic (exact) mass is 438 g/mol. The van der Waals surface area contributed by atoms with Crippen LogP contribution in [0.1, 0.15) is 32.0 Å². The highest BCUT2D eigenvalue weighted by Crippen LogP contribution is 2.13. The van der Waals surface area contributed by atoms with Crippen molar-refractivity contribution < 1.29 is 32.7 Å². The maximum absolute atomic E-state index is 11.9. The lowest BCUT2D eigenvalue weighted by atomic mass is 10.1. The number of aliphatic carboxylic acids is 1. The minimum absolute atomic E-state index is 0.193. The van der Waals surface area contributed by atoms with Crippen molar-refractivity contribution in [2.24, 2.45) is 0 Å². The molecule has 0 saturated heterocycles. The molecule has 3 aromatic rings. The molecule has 0 bridgehead atoms. The molecule has 0 aliphatic rings. The van der Waals surface area contributed by atoms with Crippen molar-refractivity contribution in [1.29, 1.82) is 0 Å². The topological polar surface area (TPSA) is 153 Å². The standard InChI is InChI=1S/C16H16N6O2.C2HF3O2/c23-15(13-7-21-22-8-13)18-5-11-2-1-3-12(4-11)6-19-16(24)14-9-17-10-20-14;3-2(4,5)1(6)7/h1-4,7-10H,5-6H2,(H,17,20)(H,18,23)(H,19,24)(H,21,22);(H,6,7). The van der Waals surface area contributed by atoms with Crippen molar-refractivity contribution in [3.63, 3.8) is 0 Å². The van der Waals surface area contributed by atoms with E-state index in [2.05, 4.69) is 30.8 Å². The number of imidazole rings is 1. The second-order valence-electron chi connectivity index (χ2n) is 5.94. The summed E-state index contributed by atoms with van der Waals surface area (Å²) in [5.41, 5.74) is 2.79. The summed E-state index contributed by atoms with van der Waals surface area (Å²) in [6, 6.07) is 7.64. The van der Waals surface area contributed by atoms with E-state index in [1.165, 1.54) is 24.9 Å². The number of rotatable bonds is 6. The molecule has 31 heavy (non-hydrogen) atoms. The first kappa shape index (κ1) is 23.1. The summed E-state index contributed by atoms with van der Waals surface area (Å²) in [4.78, 5) is 39.2. The summed E-state index contributed by atoms with van der Waals surface area (Å²) in [6.07, 6.45) is 0.850. The van der Waals surface area contributed by atoms with Crippen LogP contribution in [0.15, 0.2) is 49.2 Å². The van der Waals surface area contributed by atoms with Gasteiger partial charge in [-0.2, -0.15) is 18.3 Å². The Morgan fingerprint density at radius 3 is 2.13 bits per heavy atom. The van der Waals surface area contributed by atoms with E-state index in [0.29, 0.717) is 24.3 Å². The van der Waals surface area contributed by atoms with Gasteiger partial charge in [-0.25, -0.2) is 9.78 Å². The third-order valence-corrected chi connectivity index (χ3v) is 3.64. The van der Waals surface area contributed by atoms with Crippen LogP contribution in [0, 0.1) is 0 Å². The molecule has 2 aromatic heterocycles. The summed E-state index contributed by atoms with van der Waals surface area (Å²) in [6.45, 7) is 0.785. The molecule has 0 saturated carbocycles. The smallest absolute Gasteiger partial charge is 0.475 e. The van der Waals surface area contributed by atoms with Gasteiger partial charge in [-0.15, -0.1) is 0 Å². The number of hydrogen-bond acceptors (Lipinski definition) is 5.